The summed E-state index contributed by atoms with van der Waals surface area (Å²) in [5.74, 6) is -0.809. The van der Waals surface area contributed by atoms with Crippen molar-refractivity contribution in [2.45, 2.75) is 19.8 Å². The Morgan fingerprint density at radius 3 is 2.74 bits per heavy atom. The van der Waals surface area contributed by atoms with Gasteiger partial charge in [0.15, 0.2) is 0 Å². The Bertz CT molecular complexity index is 512. The Hall–Kier alpha value is -2.23. The van der Waals surface area contributed by atoms with Crippen LogP contribution in [0.1, 0.15) is 30.2 Å². The van der Waals surface area contributed by atoms with E-state index in [4.69, 9.17) is 14.7 Å². The molecular formula is C12H12F2N2O3. The quantitative estimate of drug-likeness (QED) is 0.765. The molecule has 0 saturated heterocycles. The topological polar surface area (TPSA) is 72.2 Å². The molecule has 0 saturated carbocycles. The summed E-state index contributed by atoms with van der Waals surface area (Å²) in [4.78, 5) is 15.1. The van der Waals surface area contributed by atoms with Crippen molar-refractivity contribution >= 4 is 5.97 Å². The highest BCUT2D eigenvalue weighted by Gasteiger charge is 2.24. The Morgan fingerprint density at radius 1 is 1.58 bits per heavy atom. The monoisotopic (exact) mass is 270 g/mol. The molecule has 0 spiro atoms. The van der Waals surface area contributed by atoms with Crippen LogP contribution in [0.25, 0.3) is 0 Å². The van der Waals surface area contributed by atoms with Gasteiger partial charge >= 0.3 is 5.97 Å². The van der Waals surface area contributed by atoms with Crippen molar-refractivity contribution in [1.82, 2.24) is 4.98 Å². The number of rotatable bonds is 5. The molecule has 1 aromatic rings. The third kappa shape index (κ3) is 3.37. The molecule has 0 amide bonds. The molecule has 0 aliphatic carbocycles. The standard InChI is InChI=1S/C12H12F2N2O3/c1-3-19-10(17)4-8-7(5-15)11(12(13)14)9(18-2)6-16-8/h6,12H,3-4H2,1-2H3. The Morgan fingerprint density at radius 2 is 2.26 bits per heavy atom. The molecule has 0 aliphatic rings. The van der Waals surface area contributed by atoms with Gasteiger partial charge in [-0.15, -0.1) is 0 Å². The lowest BCUT2D eigenvalue weighted by Gasteiger charge is -2.12. The van der Waals surface area contributed by atoms with Crippen molar-refractivity contribution in [2.24, 2.45) is 0 Å². The summed E-state index contributed by atoms with van der Waals surface area (Å²) in [6.07, 6.45) is -2.16. The molecule has 102 valence electrons. The second-order valence-electron chi connectivity index (χ2n) is 3.46. The van der Waals surface area contributed by atoms with Gasteiger partial charge in [-0.2, -0.15) is 5.26 Å². The number of alkyl halides is 2. The molecule has 0 bridgehead atoms. The first kappa shape index (κ1) is 14.8. The summed E-state index contributed by atoms with van der Waals surface area (Å²) in [5.41, 5.74) is -0.946. The fourth-order valence-electron chi connectivity index (χ4n) is 1.54. The molecular weight excluding hydrogens is 258 g/mol. The number of aromatic nitrogens is 1. The number of esters is 1. The fourth-order valence-corrected chi connectivity index (χ4v) is 1.54. The van der Waals surface area contributed by atoms with E-state index in [0.717, 1.165) is 6.20 Å². The maximum absolute atomic E-state index is 13.0. The molecule has 0 atom stereocenters. The van der Waals surface area contributed by atoms with Gasteiger partial charge in [-0.1, -0.05) is 0 Å². The van der Waals surface area contributed by atoms with Gasteiger partial charge in [-0.25, -0.2) is 8.78 Å². The van der Waals surface area contributed by atoms with Crippen LogP contribution >= 0.6 is 0 Å². The van der Waals surface area contributed by atoms with Crippen LogP contribution < -0.4 is 4.74 Å². The summed E-state index contributed by atoms with van der Waals surface area (Å²) in [6, 6.07) is 1.64. The molecule has 1 heterocycles. The van der Waals surface area contributed by atoms with E-state index in [9.17, 15) is 13.6 Å². The summed E-state index contributed by atoms with van der Waals surface area (Å²) in [7, 11) is 1.20. The van der Waals surface area contributed by atoms with E-state index >= 15 is 0 Å². The van der Waals surface area contributed by atoms with Gasteiger partial charge in [0.05, 0.1) is 43.2 Å². The second-order valence-corrected chi connectivity index (χ2v) is 3.46. The van der Waals surface area contributed by atoms with E-state index in [1.807, 2.05) is 0 Å². The molecule has 0 fully saturated rings. The average molecular weight is 270 g/mol. The number of halogens is 2. The van der Waals surface area contributed by atoms with E-state index in [0.29, 0.717) is 0 Å². The van der Waals surface area contributed by atoms with Crippen LogP contribution in [-0.2, 0) is 16.0 Å². The maximum atomic E-state index is 13.0. The second kappa shape index (κ2) is 6.64. The van der Waals surface area contributed by atoms with Crippen LogP contribution in [0, 0.1) is 11.3 Å². The number of nitriles is 1. The maximum Gasteiger partial charge on any atom is 0.311 e. The van der Waals surface area contributed by atoms with Crippen LogP contribution in [0.2, 0.25) is 0 Å². The highest BCUT2D eigenvalue weighted by atomic mass is 19.3. The lowest BCUT2D eigenvalue weighted by Crippen LogP contribution is -2.12. The summed E-state index contributed by atoms with van der Waals surface area (Å²) in [5, 5.41) is 8.98. The Kier molecular flexibility index (Phi) is 5.18. The first-order valence-electron chi connectivity index (χ1n) is 5.44. The zero-order valence-electron chi connectivity index (χ0n) is 10.4. The number of hydrogen-bond donors (Lipinski definition) is 0. The van der Waals surface area contributed by atoms with Gasteiger partial charge in [0.1, 0.15) is 11.8 Å². The highest BCUT2D eigenvalue weighted by Crippen LogP contribution is 2.32. The highest BCUT2D eigenvalue weighted by molar-refractivity contribution is 5.73. The zero-order chi connectivity index (χ0) is 14.4. The van der Waals surface area contributed by atoms with Crippen LogP contribution in [0.5, 0.6) is 5.75 Å². The van der Waals surface area contributed by atoms with Gasteiger partial charge in [0.25, 0.3) is 6.43 Å². The average Bonchev–Trinajstić information content (AvgIpc) is 2.38. The number of hydrogen-bond acceptors (Lipinski definition) is 5. The third-order valence-corrected chi connectivity index (χ3v) is 2.33. The molecule has 0 radical (unpaired) electrons. The number of methoxy groups -OCH3 is 1. The number of carbonyl (C=O) groups excluding carboxylic acids is 1. The van der Waals surface area contributed by atoms with Crippen LogP contribution in [0.4, 0.5) is 8.78 Å². The van der Waals surface area contributed by atoms with E-state index in [2.05, 4.69) is 4.98 Å². The van der Waals surface area contributed by atoms with Crippen LogP contribution in [0.15, 0.2) is 6.20 Å². The third-order valence-electron chi connectivity index (χ3n) is 2.33. The van der Waals surface area contributed by atoms with Crippen molar-refractivity contribution in [1.29, 1.82) is 5.26 Å². The number of carbonyl (C=O) groups is 1. The molecule has 1 aromatic heterocycles. The van der Waals surface area contributed by atoms with Gasteiger partial charge in [0, 0.05) is 0 Å². The van der Waals surface area contributed by atoms with Crippen molar-refractivity contribution in [2.75, 3.05) is 13.7 Å². The first-order chi connectivity index (χ1) is 9.04. The summed E-state index contributed by atoms with van der Waals surface area (Å²) < 4.78 is 35.3. The minimum atomic E-state index is -2.89. The van der Waals surface area contributed by atoms with E-state index in [1.165, 1.54) is 7.11 Å². The molecule has 1 rings (SSSR count). The minimum Gasteiger partial charge on any atom is -0.495 e. The largest absolute Gasteiger partial charge is 0.495 e. The molecule has 0 unspecified atom stereocenters. The fraction of sp³-hybridized carbons (Fsp3) is 0.417. The van der Waals surface area contributed by atoms with Gasteiger partial charge < -0.3 is 9.47 Å². The first-order valence-corrected chi connectivity index (χ1v) is 5.44. The zero-order valence-corrected chi connectivity index (χ0v) is 10.4. The van der Waals surface area contributed by atoms with Gasteiger partial charge in [-0.3, -0.25) is 9.78 Å². The normalized spacial score (nSPS) is 10.1. The van der Waals surface area contributed by atoms with Crippen molar-refractivity contribution in [3.63, 3.8) is 0 Å². The smallest absolute Gasteiger partial charge is 0.311 e. The Balaban J connectivity index is 3.24. The van der Waals surface area contributed by atoms with Crippen molar-refractivity contribution < 1.29 is 23.0 Å². The minimum absolute atomic E-state index is 0.0444. The predicted octanol–water partition coefficient (Wildman–Crippen LogP) is 2.01. The summed E-state index contributed by atoms with van der Waals surface area (Å²) in [6.45, 7) is 1.79. The molecule has 5 nitrogen and oxygen atoms in total. The molecule has 7 heteroatoms. The number of ether oxygens (including phenoxy) is 2. The van der Waals surface area contributed by atoms with Crippen molar-refractivity contribution in [3.8, 4) is 11.8 Å². The molecule has 0 aliphatic heterocycles. The van der Waals surface area contributed by atoms with E-state index in [-0.39, 0.29) is 30.0 Å². The molecule has 0 N–H and O–H groups in total. The van der Waals surface area contributed by atoms with Crippen molar-refractivity contribution in [3.05, 3.63) is 23.0 Å². The van der Waals surface area contributed by atoms with E-state index < -0.39 is 18.0 Å². The number of nitrogens with zero attached hydrogens (tertiary/aromatic N) is 2. The molecule has 0 aromatic carbocycles. The Labute approximate surface area is 108 Å². The predicted molar refractivity (Wildman–Crippen MR) is 60.8 cm³/mol. The number of pyridine rings is 1. The van der Waals surface area contributed by atoms with E-state index in [1.54, 1.807) is 13.0 Å². The van der Waals surface area contributed by atoms with Gasteiger partial charge in [-0.05, 0) is 6.92 Å². The lowest BCUT2D eigenvalue weighted by molar-refractivity contribution is -0.142. The van der Waals surface area contributed by atoms with Crippen LogP contribution in [-0.4, -0.2) is 24.7 Å². The summed E-state index contributed by atoms with van der Waals surface area (Å²) >= 11 is 0. The SMILES string of the molecule is CCOC(=O)Cc1ncc(OC)c(C(F)F)c1C#N. The lowest BCUT2D eigenvalue weighted by atomic mass is 10.0. The molecule has 19 heavy (non-hydrogen) atoms. The van der Waals surface area contributed by atoms with Crippen LogP contribution in [0.3, 0.4) is 0 Å². The van der Waals surface area contributed by atoms with Gasteiger partial charge in [0.2, 0.25) is 0 Å².